The van der Waals surface area contributed by atoms with Crippen molar-refractivity contribution in [1.29, 1.82) is 5.26 Å². The summed E-state index contributed by atoms with van der Waals surface area (Å²) in [6.45, 7) is 1.04. The smallest absolute Gasteiger partial charge is 0.264 e. The first-order valence-corrected chi connectivity index (χ1v) is 12.1. The van der Waals surface area contributed by atoms with Crippen molar-refractivity contribution in [3.63, 3.8) is 0 Å². The van der Waals surface area contributed by atoms with Crippen molar-refractivity contribution in [2.45, 2.75) is 31.8 Å². The number of allylic oxidation sites excluding steroid dienone is 1. The number of likely N-dealkylation sites (tertiary alicyclic amines) is 1. The van der Waals surface area contributed by atoms with Crippen LogP contribution in [0, 0.1) is 17.2 Å². The Hall–Kier alpha value is -4.38. The molecule has 1 saturated carbocycles. The molecule has 1 aliphatic carbocycles. The number of carbonyl (C=O) groups is 1. The molecule has 2 aromatic carbocycles. The fourth-order valence-corrected chi connectivity index (χ4v) is 4.22. The van der Waals surface area contributed by atoms with E-state index in [1.54, 1.807) is 4.90 Å². The Morgan fingerprint density at radius 1 is 1.00 bits per heavy atom. The monoisotopic (exact) mass is 481 g/mol. The van der Waals surface area contributed by atoms with Crippen molar-refractivity contribution in [3.8, 4) is 34.6 Å². The molecule has 1 aromatic heterocycles. The van der Waals surface area contributed by atoms with Crippen LogP contribution in [0.4, 0.5) is 5.82 Å². The number of nitrogens with zero attached hydrogens (tertiary/aromatic N) is 4. The van der Waals surface area contributed by atoms with Crippen LogP contribution in [0.15, 0.2) is 72.6 Å². The molecule has 2 fully saturated rings. The number of amides is 1. The maximum absolute atomic E-state index is 12.7. The van der Waals surface area contributed by atoms with Gasteiger partial charge in [0.05, 0.1) is 5.56 Å². The zero-order chi connectivity index (χ0) is 24.9. The molecule has 182 valence electrons. The second kappa shape index (κ2) is 10.5. The topological polar surface area (TPSA) is 114 Å². The molecule has 3 aromatic rings. The van der Waals surface area contributed by atoms with Crippen LogP contribution in [-0.4, -0.2) is 40.0 Å². The Labute approximate surface area is 210 Å². The molecule has 5 rings (SSSR count). The minimum absolute atomic E-state index is 0.124. The summed E-state index contributed by atoms with van der Waals surface area (Å²) in [4.78, 5) is 23.0. The summed E-state index contributed by atoms with van der Waals surface area (Å²) >= 11 is 0. The number of rotatable bonds is 7. The highest BCUT2D eigenvalue weighted by molar-refractivity contribution is 5.97. The summed E-state index contributed by atoms with van der Waals surface area (Å²) < 4.78 is 12.1. The number of carbonyl (C=O) groups excluding carboxylic acids is 1. The van der Waals surface area contributed by atoms with Crippen LogP contribution in [-0.2, 0) is 4.79 Å². The minimum atomic E-state index is -0.187. The molecule has 2 aliphatic rings. The van der Waals surface area contributed by atoms with Gasteiger partial charge in [-0.3, -0.25) is 4.79 Å². The summed E-state index contributed by atoms with van der Waals surface area (Å²) in [5.74, 6) is 2.39. The summed E-state index contributed by atoms with van der Waals surface area (Å²) in [6.07, 6.45) is 6.48. The van der Waals surface area contributed by atoms with Crippen LogP contribution >= 0.6 is 0 Å². The zero-order valence-corrected chi connectivity index (χ0v) is 19.8. The molecule has 0 unspecified atom stereocenters. The fraction of sp³-hybridized carbons (Fsp3) is 0.286. The Morgan fingerprint density at radius 2 is 1.69 bits per heavy atom. The van der Waals surface area contributed by atoms with Gasteiger partial charge >= 0.3 is 0 Å². The highest BCUT2D eigenvalue weighted by Crippen LogP contribution is 2.35. The van der Waals surface area contributed by atoms with Crippen LogP contribution in [0.2, 0.25) is 0 Å². The zero-order valence-electron chi connectivity index (χ0n) is 19.8. The molecule has 2 N–H and O–H groups in total. The predicted octanol–water partition coefficient (Wildman–Crippen LogP) is 4.75. The predicted molar refractivity (Wildman–Crippen MR) is 135 cm³/mol. The van der Waals surface area contributed by atoms with Gasteiger partial charge in [-0.15, -0.1) is 0 Å². The largest absolute Gasteiger partial charge is 0.474 e. The Morgan fingerprint density at radius 3 is 2.36 bits per heavy atom. The summed E-state index contributed by atoms with van der Waals surface area (Å²) in [7, 11) is 0. The lowest BCUT2D eigenvalue weighted by molar-refractivity contribution is -0.128. The van der Waals surface area contributed by atoms with Gasteiger partial charge in [0.2, 0.25) is 5.88 Å². The molecule has 0 spiro atoms. The maximum atomic E-state index is 12.7. The maximum Gasteiger partial charge on any atom is 0.264 e. The van der Waals surface area contributed by atoms with Crippen molar-refractivity contribution in [2.24, 2.45) is 5.92 Å². The van der Waals surface area contributed by atoms with Gasteiger partial charge in [-0.2, -0.15) is 5.26 Å². The molecule has 0 atom stereocenters. The summed E-state index contributed by atoms with van der Waals surface area (Å²) in [5.41, 5.74) is 7.92. The number of aromatic nitrogens is 2. The lowest BCUT2D eigenvalue weighted by Crippen LogP contribution is -2.42. The first-order valence-electron chi connectivity index (χ1n) is 12.1. The van der Waals surface area contributed by atoms with Crippen molar-refractivity contribution < 1.29 is 14.3 Å². The third-order valence-electron chi connectivity index (χ3n) is 6.35. The van der Waals surface area contributed by atoms with E-state index in [1.165, 1.54) is 6.33 Å². The first-order chi connectivity index (χ1) is 17.6. The van der Waals surface area contributed by atoms with Crippen LogP contribution in [0.1, 0.15) is 25.7 Å². The second-order valence-electron chi connectivity index (χ2n) is 9.02. The fourth-order valence-electron chi connectivity index (χ4n) is 4.22. The lowest BCUT2D eigenvalue weighted by Gasteiger charge is -2.32. The molecule has 0 bridgehead atoms. The molecule has 1 aliphatic heterocycles. The van der Waals surface area contributed by atoms with E-state index in [9.17, 15) is 10.1 Å². The average molecular weight is 482 g/mol. The van der Waals surface area contributed by atoms with Crippen molar-refractivity contribution in [2.75, 3.05) is 18.8 Å². The molecule has 1 saturated heterocycles. The van der Waals surface area contributed by atoms with E-state index in [-0.39, 0.29) is 17.6 Å². The Balaban J connectivity index is 1.25. The molecule has 8 nitrogen and oxygen atoms in total. The van der Waals surface area contributed by atoms with Gasteiger partial charge in [-0.05, 0) is 48.6 Å². The van der Waals surface area contributed by atoms with E-state index in [0.29, 0.717) is 54.9 Å². The van der Waals surface area contributed by atoms with E-state index in [1.807, 2.05) is 60.7 Å². The van der Waals surface area contributed by atoms with Crippen LogP contribution in [0.5, 0.6) is 17.4 Å². The van der Waals surface area contributed by atoms with E-state index in [2.05, 4.69) is 16.0 Å². The lowest BCUT2D eigenvalue weighted by atomic mass is 10.0. The quantitative estimate of drug-likeness (QED) is 0.383. The van der Waals surface area contributed by atoms with E-state index >= 15 is 0 Å². The summed E-state index contributed by atoms with van der Waals surface area (Å²) in [5, 5.41) is 9.38. The van der Waals surface area contributed by atoms with E-state index in [4.69, 9.17) is 15.2 Å². The van der Waals surface area contributed by atoms with E-state index < -0.39 is 0 Å². The number of benzene rings is 2. The third kappa shape index (κ3) is 5.47. The Kier molecular flexibility index (Phi) is 6.80. The number of hydrogen-bond acceptors (Lipinski definition) is 7. The second-order valence-corrected chi connectivity index (χ2v) is 9.02. The van der Waals surface area contributed by atoms with Gasteiger partial charge in [-0.25, -0.2) is 9.97 Å². The number of anilines is 1. The molecule has 1 amide bonds. The van der Waals surface area contributed by atoms with Crippen LogP contribution in [0.3, 0.4) is 0 Å². The van der Waals surface area contributed by atoms with Gasteiger partial charge in [0.15, 0.2) is 0 Å². The number of nitrogen functional groups attached to an aromatic ring is 1. The Bertz CT molecular complexity index is 1290. The van der Waals surface area contributed by atoms with Gasteiger partial charge in [-0.1, -0.05) is 36.4 Å². The average Bonchev–Trinajstić information content (AvgIpc) is 3.73. The van der Waals surface area contributed by atoms with Crippen molar-refractivity contribution in [1.82, 2.24) is 14.9 Å². The SMILES string of the molecule is N#CC(=CC1CC1)C(=O)N1CCC(Oc2ncnc(N)c2-c2ccc(Oc3ccccc3)cc2)CC1. The van der Waals surface area contributed by atoms with Gasteiger partial charge in [0.1, 0.15) is 41.4 Å². The summed E-state index contributed by atoms with van der Waals surface area (Å²) in [6, 6.07) is 19.2. The first kappa shape index (κ1) is 23.4. The molecule has 2 heterocycles. The molecular formula is C28H27N5O3. The number of piperidine rings is 1. The number of nitriles is 1. The van der Waals surface area contributed by atoms with Crippen LogP contribution in [0.25, 0.3) is 11.1 Å². The number of hydrogen-bond donors (Lipinski definition) is 1. The van der Waals surface area contributed by atoms with Crippen molar-refractivity contribution >= 4 is 11.7 Å². The van der Waals surface area contributed by atoms with Crippen LogP contribution < -0.4 is 15.2 Å². The molecule has 8 heteroatoms. The molecule has 0 radical (unpaired) electrons. The molecule has 36 heavy (non-hydrogen) atoms. The molecular weight excluding hydrogens is 454 g/mol. The van der Waals surface area contributed by atoms with Crippen molar-refractivity contribution in [3.05, 3.63) is 72.6 Å². The van der Waals surface area contributed by atoms with Gasteiger partial charge in [0, 0.05) is 25.9 Å². The standard InChI is InChI=1S/C28H27N5O3/c29-17-21(16-19-6-7-19)28(34)33-14-12-24(13-15-33)36-27-25(26(30)31-18-32-27)20-8-10-23(11-9-20)35-22-4-2-1-3-5-22/h1-5,8-11,16,18-19,24H,6-7,12-15H2,(H2,30,31,32). The normalized spacial score (nSPS) is 16.3. The van der Waals surface area contributed by atoms with Gasteiger partial charge in [0.25, 0.3) is 5.91 Å². The highest BCUT2D eigenvalue weighted by Gasteiger charge is 2.29. The minimum Gasteiger partial charge on any atom is -0.474 e. The third-order valence-corrected chi connectivity index (χ3v) is 6.35. The highest BCUT2D eigenvalue weighted by atomic mass is 16.5. The number of nitrogens with two attached hydrogens (primary N) is 1. The van der Waals surface area contributed by atoms with Gasteiger partial charge < -0.3 is 20.1 Å². The van der Waals surface area contributed by atoms with E-state index in [0.717, 1.165) is 24.2 Å². The number of para-hydroxylation sites is 1. The number of ether oxygens (including phenoxy) is 2.